The van der Waals surface area contributed by atoms with Crippen LogP contribution in [0.1, 0.15) is 19.8 Å². The molecule has 0 aromatic rings. The van der Waals surface area contributed by atoms with Crippen molar-refractivity contribution in [2.75, 3.05) is 20.2 Å². The van der Waals surface area contributed by atoms with Crippen LogP contribution in [0, 0.1) is 11.8 Å². The molecule has 0 spiro atoms. The van der Waals surface area contributed by atoms with Crippen molar-refractivity contribution in [2.24, 2.45) is 11.8 Å². The number of ether oxygens (including phenoxy) is 1. The minimum atomic E-state index is -0.939. The lowest BCUT2D eigenvalue weighted by Gasteiger charge is -2.14. The number of nitrogens with one attached hydrogen (secondary N) is 2. The molecule has 0 heterocycles. The second-order valence-corrected chi connectivity index (χ2v) is 4.52. The third-order valence-electron chi connectivity index (χ3n) is 3.03. The summed E-state index contributed by atoms with van der Waals surface area (Å²) in [5, 5.41) is 13.9. The number of hydrogen-bond acceptors (Lipinski definition) is 3. The Bertz CT molecular complexity index is 283. The van der Waals surface area contributed by atoms with Crippen LogP contribution in [-0.4, -0.2) is 43.4 Å². The highest BCUT2D eigenvalue weighted by Crippen LogP contribution is 2.36. The zero-order valence-electron chi connectivity index (χ0n) is 10.2. The van der Waals surface area contributed by atoms with Crippen LogP contribution in [0.25, 0.3) is 0 Å². The molecule has 3 atom stereocenters. The first kappa shape index (κ1) is 13.8. The minimum absolute atomic E-state index is 0.115. The summed E-state index contributed by atoms with van der Waals surface area (Å²) in [5.41, 5.74) is 0. The van der Waals surface area contributed by atoms with Gasteiger partial charge in [-0.1, -0.05) is 6.92 Å². The van der Waals surface area contributed by atoms with E-state index in [1.165, 1.54) is 13.5 Å². The van der Waals surface area contributed by atoms with E-state index in [4.69, 9.17) is 9.84 Å². The fourth-order valence-corrected chi connectivity index (χ4v) is 1.61. The van der Waals surface area contributed by atoms with Crippen LogP contribution < -0.4 is 10.6 Å². The van der Waals surface area contributed by atoms with Crippen LogP contribution >= 0.6 is 0 Å². The topological polar surface area (TPSA) is 87.7 Å². The van der Waals surface area contributed by atoms with Gasteiger partial charge < -0.3 is 20.5 Å². The average Bonchev–Trinajstić information content (AvgIpc) is 2.97. The van der Waals surface area contributed by atoms with Gasteiger partial charge in [-0.05, 0) is 18.3 Å². The van der Waals surface area contributed by atoms with Crippen molar-refractivity contribution in [1.29, 1.82) is 0 Å². The van der Waals surface area contributed by atoms with Crippen LogP contribution in [0.15, 0.2) is 0 Å². The van der Waals surface area contributed by atoms with Crippen molar-refractivity contribution in [3.63, 3.8) is 0 Å². The number of carboxylic acid groups (broad SMARTS) is 1. The summed E-state index contributed by atoms with van der Waals surface area (Å²) in [7, 11) is 1.43. The number of carbonyl (C=O) groups excluding carboxylic acids is 1. The Balaban J connectivity index is 2.10. The number of amides is 2. The summed E-state index contributed by atoms with van der Waals surface area (Å²) in [4.78, 5) is 21.8. The van der Waals surface area contributed by atoms with E-state index < -0.39 is 12.1 Å². The Hall–Kier alpha value is -1.30. The van der Waals surface area contributed by atoms with Gasteiger partial charge in [0.1, 0.15) is 0 Å². The number of hydrogen-bond donors (Lipinski definition) is 3. The lowest BCUT2D eigenvalue weighted by molar-refractivity contribution is -0.139. The van der Waals surface area contributed by atoms with E-state index in [0.717, 1.165) is 0 Å². The predicted molar refractivity (Wildman–Crippen MR) is 61.7 cm³/mol. The van der Waals surface area contributed by atoms with Gasteiger partial charge in [-0.25, -0.2) is 4.79 Å². The Labute approximate surface area is 101 Å². The van der Waals surface area contributed by atoms with Gasteiger partial charge in [-0.2, -0.15) is 0 Å². The van der Waals surface area contributed by atoms with E-state index in [-0.39, 0.29) is 19.0 Å². The molecule has 98 valence electrons. The van der Waals surface area contributed by atoms with Crippen molar-refractivity contribution in [3.8, 4) is 0 Å². The first-order chi connectivity index (χ1) is 8.02. The molecular weight excluding hydrogens is 224 g/mol. The quantitative estimate of drug-likeness (QED) is 0.606. The molecule has 1 aliphatic carbocycles. The maximum atomic E-state index is 11.4. The molecular formula is C11H20N2O4. The van der Waals surface area contributed by atoms with E-state index >= 15 is 0 Å². The third kappa shape index (κ3) is 5.53. The number of urea groups is 1. The van der Waals surface area contributed by atoms with Crippen molar-refractivity contribution in [1.82, 2.24) is 10.6 Å². The van der Waals surface area contributed by atoms with Gasteiger partial charge in [0.15, 0.2) is 0 Å². The smallest absolute Gasteiger partial charge is 0.314 e. The van der Waals surface area contributed by atoms with E-state index in [1.54, 1.807) is 0 Å². The Kier molecular flexibility index (Phi) is 5.21. The molecule has 6 heteroatoms. The van der Waals surface area contributed by atoms with E-state index in [1.807, 2.05) is 0 Å². The number of carbonyl (C=O) groups is 2. The fourth-order valence-electron chi connectivity index (χ4n) is 1.61. The van der Waals surface area contributed by atoms with Crippen molar-refractivity contribution >= 4 is 12.0 Å². The van der Waals surface area contributed by atoms with Crippen LogP contribution in [-0.2, 0) is 9.53 Å². The molecule has 1 rings (SSSR count). The molecule has 0 radical (unpaired) electrons. The highest BCUT2D eigenvalue weighted by Gasteiger charge is 2.32. The number of aliphatic carboxylic acids is 1. The molecule has 17 heavy (non-hydrogen) atoms. The van der Waals surface area contributed by atoms with Crippen LogP contribution in [0.5, 0.6) is 0 Å². The highest BCUT2D eigenvalue weighted by atomic mass is 16.5. The van der Waals surface area contributed by atoms with Crippen molar-refractivity contribution in [3.05, 3.63) is 0 Å². The SMILES string of the molecule is COC(CNC(=O)NCC1CC1C)CC(=O)O. The van der Waals surface area contributed by atoms with Gasteiger partial charge >= 0.3 is 12.0 Å². The largest absolute Gasteiger partial charge is 0.481 e. The predicted octanol–water partition coefficient (Wildman–Crippen LogP) is 0.431. The maximum absolute atomic E-state index is 11.4. The fraction of sp³-hybridized carbons (Fsp3) is 0.818. The van der Waals surface area contributed by atoms with Gasteiger partial charge in [0.2, 0.25) is 0 Å². The number of rotatable bonds is 7. The maximum Gasteiger partial charge on any atom is 0.314 e. The molecule has 1 aliphatic rings. The number of methoxy groups -OCH3 is 1. The summed E-state index contributed by atoms with van der Waals surface area (Å²) >= 11 is 0. The monoisotopic (exact) mass is 244 g/mol. The molecule has 1 fully saturated rings. The van der Waals surface area contributed by atoms with Crippen molar-refractivity contribution < 1.29 is 19.4 Å². The lowest BCUT2D eigenvalue weighted by Crippen LogP contribution is -2.41. The summed E-state index contributed by atoms with van der Waals surface area (Å²) in [6.07, 6.45) is 0.564. The minimum Gasteiger partial charge on any atom is -0.481 e. The second-order valence-electron chi connectivity index (χ2n) is 4.52. The standard InChI is InChI=1S/C11H20N2O4/c1-7-3-8(7)5-12-11(16)13-6-9(17-2)4-10(14)15/h7-9H,3-6H2,1-2H3,(H,14,15)(H2,12,13,16). The summed E-state index contributed by atoms with van der Waals surface area (Å²) < 4.78 is 4.94. The summed E-state index contributed by atoms with van der Waals surface area (Å²) in [6.45, 7) is 3.04. The van der Waals surface area contributed by atoms with Crippen LogP contribution in [0.2, 0.25) is 0 Å². The molecule has 6 nitrogen and oxygen atoms in total. The number of carboxylic acids is 1. The van der Waals surface area contributed by atoms with Crippen LogP contribution in [0.3, 0.4) is 0 Å². The molecule has 3 unspecified atom stereocenters. The summed E-state index contributed by atoms with van der Waals surface area (Å²) in [5.74, 6) is 0.359. The molecule has 0 bridgehead atoms. The van der Waals surface area contributed by atoms with Gasteiger partial charge in [0.05, 0.1) is 12.5 Å². The molecule has 0 saturated heterocycles. The Morgan fingerprint density at radius 2 is 2.12 bits per heavy atom. The third-order valence-corrected chi connectivity index (χ3v) is 3.03. The normalized spacial score (nSPS) is 23.9. The molecule has 3 N–H and O–H groups in total. The van der Waals surface area contributed by atoms with E-state index in [9.17, 15) is 9.59 Å². The highest BCUT2D eigenvalue weighted by molar-refractivity contribution is 5.74. The van der Waals surface area contributed by atoms with Gasteiger partial charge in [0.25, 0.3) is 0 Å². The average molecular weight is 244 g/mol. The van der Waals surface area contributed by atoms with Gasteiger partial charge in [-0.15, -0.1) is 0 Å². The van der Waals surface area contributed by atoms with Crippen molar-refractivity contribution in [2.45, 2.75) is 25.9 Å². The second kappa shape index (κ2) is 6.44. The molecule has 2 amide bonds. The molecule has 1 saturated carbocycles. The summed E-state index contributed by atoms with van der Waals surface area (Å²) in [6, 6.07) is -0.267. The molecule has 0 aromatic carbocycles. The molecule has 0 aliphatic heterocycles. The first-order valence-corrected chi connectivity index (χ1v) is 5.79. The zero-order valence-corrected chi connectivity index (χ0v) is 10.2. The molecule has 0 aromatic heterocycles. The van der Waals surface area contributed by atoms with E-state index in [2.05, 4.69) is 17.6 Å². The zero-order chi connectivity index (χ0) is 12.8. The Morgan fingerprint density at radius 3 is 2.59 bits per heavy atom. The first-order valence-electron chi connectivity index (χ1n) is 5.79. The Morgan fingerprint density at radius 1 is 1.47 bits per heavy atom. The van der Waals surface area contributed by atoms with E-state index in [0.29, 0.717) is 18.4 Å². The van der Waals surface area contributed by atoms with Gasteiger partial charge in [0, 0.05) is 20.2 Å². The van der Waals surface area contributed by atoms with Crippen LogP contribution in [0.4, 0.5) is 4.79 Å². The van der Waals surface area contributed by atoms with Gasteiger partial charge in [-0.3, -0.25) is 4.79 Å². The lowest BCUT2D eigenvalue weighted by atomic mass is 10.2.